The Bertz CT molecular complexity index is 715. The van der Waals surface area contributed by atoms with Gasteiger partial charge in [-0.3, -0.25) is 19.4 Å². The molecule has 0 aliphatic carbocycles. The van der Waals surface area contributed by atoms with Gasteiger partial charge in [0.2, 0.25) is 5.91 Å². The first-order valence-corrected chi connectivity index (χ1v) is 11.6. The van der Waals surface area contributed by atoms with Crippen LogP contribution in [0.1, 0.15) is 24.1 Å². The Morgan fingerprint density at radius 2 is 2.11 bits per heavy atom. The van der Waals surface area contributed by atoms with Crippen molar-refractivity contribution in [2.24, 2.45) is 0 Å². The molecule has 0 atom stereocenters. The quantitative estimate of drug-likeness (QED) is 0.363. The molecule has 1 aromatic heterocycles. The molecule has 2 saturated heterocycles. The predicted octanol–water partition coefficient (Wildman–Crippen LogP) is 2.57. The number of thiocarbonyl (C=S) groups is 1. The first-order valence-electron chi connectivity index (χ1n) is 9.49. The molecule has 3 heterocycles. The van der Waals surface area contributed by atoms with Crippen LogP contribution < -0.4 is 5.32 Å². The van der Waals surface area contributed by atoms with Gasteiger partial charge in [-0.2, -0.15) is 0 Å². The summed E-state index contributed by atoms with van der Waals surface area (Å²) in [5, 5.41) is 4.94. The second-order valence-corrected chi connectivity index (χ2v) is 9.26. The second kappa shape index (κ2) is 11.1. The number of ether oxygens (including phenoxy) is 1. The fourth-order valence-electron chi connectivity index (χ4n) is 3.04. The zero-order valence-corrected chi connectivity index (χ0v) is 18.2. The maximum atomic E-state index is 12.5. The van der Waals surface area contributed by atoms with Crippen molar-refractivity contribution in [3.63, 3.8) is 0 Å². The normalized spacial score (nSPS) is 19.6. The molecule has 1 N–H and O–H groups in total. The van der Waals surface area contributed by atoms with Crippen LogP contribution in [0, 0.1) is 0 Å². The van der Waals surface area contributed by atoms with E-state index in [2.05, 4.69) is 10.2 Å². The van der Waals surface area contributed by atoms with Gasteiger partial charge in [0.15, 0.2) is 0 Å². The van der Waals surface area contributed by atoms with Crippen LogP contribution in [-0.4, -0.2) is 71.9 Å². The van der Waals surface area contributed by atoms with E-state index in [-0.39, 0.29) is 11.8 Å². The summed E-state index contributed by atoms with van der Waals surface area (Å²) < 4.78 is 5.89. The van der Waals surface area contributed by atoms with Crippen LogP contribution in [0.3, 0.4) is 0 Å². The lowest BCUT2D eigenvalue weighted by Crippen LogP contribution is -2.38. The standard InChI is InChI=1S/C19H25N3O3S3/c23-17(20-6-3-7-21-9-11-25-12-10-21)5-1-8-22-18(24)16(28-19(22)26)14-15-4-2-13-27-15/h2,4,13-14H,1,3,5-12H2,(H,20,23)/b16-14-. The van der Waals surface area contributed by atoms with Gasteiger partial charge in [0.1, 0.15) is 4.32 Å². The molecule has 0 bridgehead atoms. The van der Waals surface area contributed by atoms with Crippen molar-refractivity contribution < 1.29 is 14.3 Å². The van der Waals surface area contributed by atoms with Crippen molar-refractivity contribution in [3.05, 3.63) is 27.3 Å². The molecule has 0 saturated carbocycles. The van der Waals surface area contributed by atoms with Gasteiger partial charge in [0.05, 0.1) is 18.1 Å². The van der Waals surface area contributed by atoms with E-state index in [1.807, 2.05) is 23.6 Å². The maximum Gasteiger partial charge on any atom is 0.266 e. The summed E-state index contributed by atoms with van der Waals surface area (Å²) >= 11 is 8.25. The van der Waals surface area contributed by atoms with Crippen LogP contribution in [-0.2, 0) is 14.3 Å². The fraction of sp³-hybridized carbons (Fsp3) is 0.526. The molecule has 0 spiro atoms. The van der Waals surface area contributed by atoms with Crippen LogP contribution in [0.15, 0.2) is 22.4 Å². The largest absolute Gasteiger partial charge is 0.379 e. The average molecular weight is 440 g/mol. The van der Waals surface area contributed by atoms with Gasteiger partial charge in [0.25, 0.3) is 5.91 Å². The number of nitrogens with zero attached hydrogens (tertiary/aromatic N) is 2. The SMILES string of the molecule is O=C(CCCN1C(=O)/C(=C/c2cccs2)SC1=S)NCCCN1CCOCC1. The molecule has 152 valence electrons. The molecule has 2 amide bonds. The van der Waals surface area contributed by atoms with E-state index in [1.165, 1.54) is 11.8 Å². The zero-order valence-electron chi connectivity index (χ0n) is 15.7. The molecule has 0 aromatic carbocycles. The van der Waals surface area contributed by atoms with Gasteiger partial charge < -0.3 is 10.1 Å². The number of rotatable bonds is 9. The minimum Gasteiger partial charge on any atom is -0.379 e. The van der Waals surface area contributed by atoms with Crippen molar-refractivity contribution in [2.75, 3.05) is 45.9 Å². The van der Waals surface area contributed by atoms with E-state index in [4.69, 9.17) is 17.0 Å². The highest BCUT2D eigenvalue weighted by Crippen LogP contribution is 2.33. The molecule has 6 nitrogen and oxygen atoms in total. The average Bonchev–Trinajstić information content (AvgIpc) is 3.30. The number of morpholine rings is 1. The first kappa shape index (κ1) is 21.4. The molecular formula is C19H25N3O3S3. The van der Waals surface area contributed by atoms with Gasteiger partial charge in [0, 0.05) is 37.5 Å². The monoisotopic (exact) mass is 439 g/mol. The number of hydrogen-bond acceptors (Lipinski definition) is 7. The topological polar surface area (TPSA) is 61.9 Å². The minimum absolute atomic E-state index is 0.0292. The Morgan fingerprint density at radius 3 is 2.86 bits per heavy atom. The third-order valence-corrected chi connectivity index (χ3v) is 6.75. The highest BCUT2D eigenvalue weighted by atomic mass is 32.2. The molecule has 3 rings (SSSR count). The highest BCUT2D eigenvalue weighted by Gasteiger charge is 2.31. The number of amides is 2. The second-order valence-electron chi connectivity index (χ2n) is 6.61. The van der Waals surface area contributed by atoms with Gasteiger partial charge in [-0.05, 0) is 36.9 Å². The molecule has 0 radical (unpaired) electrons. The number of nitrogens with one attached hydrogen (secondary N) is 1. The van der Waals surface area contributed by atoms with E-state index in [9.17, 15) is 9.59 Å². The van der Waals surface area contributed by atoms with Crippen molar-refractivity contribution in [1.29, 1.82) is 0 Å². The molecule has 2 aliphatic heterocycles. The van der Waals surface area contributed by atoms with E-state index in [0.29, 0.717) is 35.2 Å². The third-order valence-electron chi connectivity index (χ3n) is 4.55. The van der Waals surface area contributed by atoms with E-state index >= 15 is 0 Å². The zero-order chi connectivity index (χ0) is 19.8. The van der Waals surface area contributed by atoms with E-state index in [1.54, 1.807) is 16.2 Å². The van der Waals surface area contributed by atoms with Crippen molar-refractivity contribution in [1.82, 2.24) is 15.1 Å². The Hall–Kier alpha value is -1.26. The summed E-state index contributed by atoms with van der Waals surface area (Å²) in [4.78, 5) is 30.2. The number of carbonyl (C=O) groups is 2. The molecular weight excluding hydrogens is 414 g/mol. The maximum absolute atomic E-state index is 12.5. The molecule has 9 heteroatoms. The van der Waals surface area contributed by atoms with E-state index in [0.717, 1.165) is 44.1 Å². The molecule has 28 heavy (non-hydrogen) atoms. The van der Waals surface area contributed by atoms with Crippen LogP contribution >= 0.6 is 35.3 Å². The summed E-state index contributed by atoms with van der Waals surface area (Å²) in [5.41, 5.74) is 0. The minimum atomic E-state index is -0.0608. The lowest BCUT2D eigenvalue weighted by molar-refractivity contribution is -0.124. The number of hydrogen-bond donors (Lipinski definition) is 1. The molecule has 1 aromatic rings. The number of thioether (sulfide) groups is 1. The van der Waals surface area contributed by atoms with Gasteiger partial charge in [-0.15, -0.1) is 11.3 Å². The van der Waals surface area contributed by atoms with Crippen LogP contribution in [0.25, 0.3) is 6.08 Å². The van der Waals surface area contributed by atoms with Gasteiger partial charge in [-0.1, -0.05) is 30.0 Å². The Morgan fingerprint density at radius 1 is 1.29 bits per heavy atom. The number of carbonyl (C=O) groups excluding carboxylic acids is 2. The number of thiophene rings is 1. The Kier molecular flexibility index (Phi) is 8.47. The fourth-order valence-corrected chi connectivity index (χ4v) is 5.07. The summed E-state index contributed by atoms with van der Waals surface area (Å²) in [6, 6.07) is 3.93. The van der Waals surface area contributed by atoms with Crippen molar-refractivity contribution in [3.8, 4) is 0 Å². The Labute approximate surface area is 179 Å². The predicted molar refractivity (Wildman–Crippen MR) is 118 cm³/mol. The van der Waals surface area contributed by atoms with Crippen LogP contribution in [0.4, 0.5) is 0 Å². The molecule has 2 aliphatic rings. The summed E-state index contributed by atoms with van der Waals surface area (Å²) in [6.45, 7) is 5.68. The van der Waals surface area contributed by atoms with Crippen LogP contribution in [0.5, 0.6) is 0 Å². The smallest absolute Gasteiger partial charge is 0.266 e. The van der Waals surface area contributed by atoms with Crippen LogP contribution in [0.2, 0.25) is 0 Å². The first-order chi connectivity index (χ1) is 13.6. The van der Waals surface area contributed by atoms with Gasteiger partial charge >= 0.3 is 0 Å². The summed E-state index contributed by atoms with van der Waals surface area (Å²) in [7, 11) is 0. The lowest BCUT2D eigenvalue weighted by Gasteiger charge is -2.26. The molecule has 0 unspecified atom stereocenters. The summed E-state index contributed by atoms with van der Waals surface area (Å²) in [6.07, 6.45) is 3.83. The van der Waals surface area contributed by atoms with Gasteiger partial charge in [-0.25, -0.2) is 0 Å². The molecule has 2 fully saturated rings. The van der Waals surface area contributed by atoms with E-state index < -0.39 is 0 Å². The third kappa shape index (κ3) is 6.38. The Balaban J connectivity index is 1.32. The van der Waals surface area contributed by atoms with Crippen molar-refractivity contribution >= 4 is 57.5 Å². The van der Waals surface area contributed by atoms with Crippen molar-refractivity contribution in [2.45, 2.75) is 19.3 Å². The lowest BCUT2D eigenvalue weighted by atomic mass is 10.2. The summed E-state index contributed by atoms with van der Waals surface area (Å²) in [5.74, 6) is -0.0316. The highest BCUT2D eigenvalue weighted by molar-refractivity contribution is 8.26.